The molecule has 2 nitrogen and oxygen atoms in total. The van der Waals surface area contributed by atoms with Crippen molar-refractivity contribution in [2.24, 2.45) is 0 Å². The van der Waals surface area contributed by atoms with E-state index in [1.54, 1.807) is 0 Å². The number of nitrogens with one attached hydrogen (secondary N) is 1. The molecule has 1 N–H and O–H groups in total. The fourth-order valence-electron chi connectivity index (χ4n) is 2.47. The van der Waals surface area contributed by atoms with Crippen LogP contribution in [0.3, 0.4) is 0 Å². The predicted molar refractivity (Wildman–Crippen MR) is 79.4 cm³/mol. The Morgan fingerprint density at radius 3 is 2.94 bits per heavy atom. The Kier molecular flexibility index (Phi) is 5.10. The summed E-state index contributed by atoms with van der Waals surface area (Å²) in [5.41, 5.74) is 4.14. The molecule has 100 valence electrons. The molecule has 1 aromatic rings. The van der Waals surface area contributed by atoms with Crippen LogP contribution < -0.4 is 5.32 Å². The fraction of sp³-hybridized carbons (Fsp3) is 0.600. The Bertz CT molecular complexity index is 388. The third kappa shape index (κ3) is 3.08. The van der Waals surface area contributed by atoms with Crippen LogP contribution in [0.4, 0.5) is 0 Å². The van der Waals surface area contributed by atoms with E-state index in [0.717, 1.165) is 24.7 Å². The Morgan fingerprint density at radius 2 is 2.28 bits per heavy atom. The van der Waals surface area contributed by atoms with Crippen molar-refractivity contribution < 1.29 is 4.74 Å². The van der Waals surface area contributed by atoms with E-state index < -0.39 is 0 Å². The van der Waals surface area contributed by atoms with Gasteiger partial charge in [-0.15, -0.1) is 0 Å². The van der Waals surface area contributed by atoms with E-state index in [0.29, 0.717) is 12.1 Å². The molecular weight excluding hydrogens is 242 g/mol. The van der Waals surface area contributed by atoms with Crippen molar-refractivity contribution in [1.29, 1.82) is 0 Å². The topological polar surface area (TPSA) is 21.3 Å². The van der Waals surface area contributed by atoms with Crippen molar-refractivity contribution >= 4 is 11.8 Å². The highest BCUT2D eigenvalue weighted by atomic mass is 32.2. The quantitative estimate of drug-likeness (QED) is 0.904. The maximum absolute atomic E-state index is 5.96. The number of ether oxygens (including phenoxy) is 1. The fourth-order valence-corrected chi connectivity index (χ4v) is 3.37. The lowest BCUT2D eigenvalue weighted by molar-refractivity contribution is 0.0470. The van der Waals surface area contributed by atoms with Crippen LogP contribution in [0.2, 0.25) is 0 Å². The summed E-state index contributed by atoms with van der Waals surface area (Å²) in [4.78, 5) is 0. The molecule has 0 amide bonds. The molecule has 3 heteroatoms. The molecule has 0 spiro atoms. The van der Waals surface area contributed by atoms with Crippen molar-refractivity contribution in [2.45, 2.75) is 32.9 Å². The van der Waals surface area contributed by atoms with Gasteiger partial charge in [0.2, 0.25) is 0 Å². The standard InChI is InChI=1S/C15H23NOS/c1-4-16-15(14-10-18-9-8-17-14)13-7-5-6-11(2)12(13)3/h5-7,14-16H,4,8-10H2,1-3H3. The van der Waals surface area contributed by atoms with Crippen molar-refractivity contribution in [2.75, 3.05) is 24.7 Å². The second kappa shape index (κ2) is 6.60. The van der Waals surface area contributed by atoms with Crippen LogP contribution in [0, 0.1) is 13.8 Å². The number of hydrogen-bond acceptors (Lipinski definition) is 3. The second-order valence-corrected chi connectivity index (χ2v) is 5.96. The van der Waals surface area contributed by atoms with Crippen LogP contribution in [0.5, 0.6) is 0 Å². The average Bonchev–Trinajstić information content (AvgIpc) is 2.41. The number of aryl methyl sites for hydroxylation is 1. The van der Waals surface area contributed by atoms with Gasteiger partial charge in [0.15, 0.2) is 0 Å². The van der Waals surface area contributed by atoms with Crippen LogP contribution in [0.15, 0.2) is 18.2 Å². The monoisotopic (exact) mass is 265 g/mol. The van der Waals surface area contributed by atoms with Crippen molar-refractivity contribution in [3.05, 3.63) is 34.9 Å². The number of hydrogen-bond donors (Lipinski definition) is 1. The summed E-state index contributed by atoms with van der Waals surface area (Å²) in [5.74, 6) is 2.22. The largest absolute Gasteiger partial charge is 0.375 e. The van der Waals surface area contributed by atoms with E-state index in [2.05, 4.69) is 44.3 Å². The molecule has 1 aliphatic heterocycles. The minimum Gasteiger partial charge on any atom is -0.375 e. The number of likely N-dealkylation sites (N-methyl/N-ethyl adjacent to an activating group) is 1. The second-order valence-electron chi connectivity index (χ2n) is 4.81. The highest BCUT2D eigenvalue weighted by Gasteiger charge is 2.26. The molecule has 2 unspecified atom stereocenters. The normalized spacial score (nSPS) is 21.8. The van der Waals surface area contributed by atoms with Crippen LogP contribution in [0.1, 0.15) is 29.7 Å². The lowest BCUT2D eigenvalue weighted by atomic mass is 9.94. The first-order chi connectivity index (χ1) is 8.74. The zero-order valence-electron chi connectivity index (χ0n) is 11.5. The molecule has 0 aliphatic carbocycles. The van der Waals surface area contributed by atoms with Gasteiger partial charge in [0, 0.05) is 11.5 Å². The molecule has 2 atom stereocenters. The number of rotatable bonds is 4. The summed E-state index contributed by atoms with van der Waals surface area (Å²) < 4.78 is 5.96. The minimum absolute atomic E-state index is 0.296. The summed E-state index contributed by atoms with van der Waals surface area (Å²) in [6, 6.07) is 6.89. The summed E-state index contributed by atoms with van der Waals surface area (Å²) in [6.07, 6.45) is 0.296. The van der Waals surface area contributed by atoms with E-state index in [4.69, 9.17) is 4.74 Å². The maximum atomic E-state index is 5.96. The van der Waals surface area contributed by atoms with Gasteiger partial charge in [0.1, 0.15) is 0 Å². The highest BCUT2D eigenvalue weighted by molar-refractivity contribution is 7.99. The zero-order valence-corrected chi connectivity index (χ0v) is 12.3. The molecule has 1 heterocycles. The maximum Gasteiger partial charge on any atom is 0.0860 e. The van der Waals surface area contributed by atoms with Crippen LogP contribution in [-0.2, 0) is 4.74 Å². The predicted octanol–water partition coefficient (Wildman–Crippen LogP) is 3.09. The van der Waals surface area contributed by atoms with Gasteiger partial charge in [-0.2, -0.15) is 11.8 Å². The Labute approximate surface area is 114 Å². The van der Waals surface area contributed by atoms with Gasteiger partial charge >= 0.3 is 0 Å². The van der Waals surface area contributed by atoms with Gasteiger partial charge in [-0.05, 0) is 37.1 Å². The van der Waals surface area contributed by atoms with Gasteiger partial charge in [-0.25, -0.2) is 0 Å². The third-order valence-corrected chi connectivity index (χ3v) is 4.64. The van der Waals surface area contributed by atoms with Crippen molar-refractivity contribution in [3.63, 3.8) is 0 Å². The molecule has 0 saturated carbocycles. The van der Waals surface area contributed by atoms with E-state index in [9.17, 15) is 0 Å². The Morgan fingerprint density at radius 1 is 1.44 bits per heavy atom. The molecule has 2 rings (SSSR count). The van der Waals surface area contributed by atoms with Crippen molar-refractivity contribution in [3.8, 4) is 0 Å². The van der Waals surface area contributed by atoms with E-state index in [-0.39, 0.29) is 0 Å². The van der Waals surface area contributed by atoms with Crippen LogP contribution in [-0.4, -0.2) is 30.8 Å². The first-order valence-electron chi connectivity index (χ1n) is 6.73. The lowest BCUT2D eigenvalue weighted by Crippen LogP contribution is -2.38. The molecule has 0 radical (unpaired) electrons. The van der Waals surface area contributed by atoms with E-state index in [1.165, 1.54) is 16.7 Å². The van der Waals surface area contributed by atoms with Gasteiger partial charge in [-0.1, -0.05) is 25.1 Å². The zero-order chi connectivity index (χ0) is 13.0. The summed E-state index contributed by atoms with van der Waals surface area (Å²) in [5, 5.41) is 3.60. The summed E-state index contributed by atoms with van der Waals surface area (Å²) >= 11 is 2.00. The number of benzene rings is 1. The molecule has 1 aromatic carbocycles. The van der Waals surface area contributed by atoms with Gasteiger partial charge in [-0.3, -0.25) is 0 Å². The third-order valence-electron chi connectivity index (χ3n) is 3.62. The average molecular weight is 265 g/mol. The molecule has 18 heavy (non-hydrogen) atoms. The first-order valence-corrected chi connectivity index (χ1v) is 7.88. The lowest BCUT2D eigenvalue weighted by Gasteiger charge is -2.32. The first kappa shape index (κ1) is 13.9. The van der Waals surface area contributed by atoms with Crippen LogP contribution in [0.25, 0.3) is 0 Å². The van der Waals surface area contributed by atoms with Gasteiger partial charge in [0.05, 0.1) is 18.8 Å². The molecule has 0 aromatic heterocycles. The van der Waals surface area contributed by atoms with E-state index in [1.807, 2.05) is 11.8 Å². The summed E-state index contributed by atoms with van der Waals surface area (Å²) in [7, 11) is 0. The van der Waals surface area contributed by atoms with Crippen molar-refractivity contribution in [1.82, 2.24) is 5.32 Å². The Balaban J connectivity index is 2.25. The number of thioether (sulfide) groups is 1. The van der Waals surface area contributed by atoms with Crippen LogP contribution >= 0.6 is 11.8 Å². The molecule has 1 fully saturated rings. The Hall–Kier alpha value is -0.510. The molecule has 0 bridgehead atoms. The smallest absolute Gasteiger partial charge is 0.0860 e. The SMILES string of the molecule is CCNC(c1cccc(C)c1C)C1CSCCO1. The van der Waals surface area contributed by atoms with E-state index >= 15 is 0 Å². The molecular formula is C15H23NOS. The van der Waals surface area contributed by atoms with Gasteiger partial charge in [0.25, 0.3) is 0 Å². The highest BCUT2D eigenvalue weighted by Crippen LogP contribution is 2.28. The summed E-state index contributed by atoms with van der Waals surface area (Å²) in [6.45, 7) is 8.40. The minimum atomic E-state index is 0.296. The van der Waals surface area contributed by atoms with Gasteiger partial charge < -0.3 is 10.1 Å². The molecule has 1 saturated heterocycles. The molecule has 1 aliphatic rings.